The molecule has 0 heterocycles. The second-order valence-electron chi connectivity index (χ2n) is 13.3. The molecule has 0 aromatic carbocycles. The van der Waals surface area contributed by atoms with E-state index < -0.39 is 13.9 Å². The van der Waals surface area contributed by atoms with Gasteiger partial charge in [0.2, 0.25) is 0 Å². The van der Waals surface area contributed by atoms with Gasteiger partial charge >= 0.3 is 13.8 Å². The predicted molar refractivity (Wildman–Crippen MR) is 178 cm³/mol. The number of hydrogen-bond acceptors (Lipinski definition) is 6. The molecule has 0 aliphatic heterocycles. The van der Waals surface area contributed by atoms with Crippen molar-refractivity contribution in [3.63, 3.8) is 0 Å². The van der Waals surface area contributed by atoms with Crippen molar-refractivity contribution < 1.29 is 37.3 Å². The molecule has 2 unspecified atom stereocenters. The number of quaternary nitrogens is 1. The first kappa shape index (κ1) is 42.5. The summed E-state index contributed by atoms with van der Waals surface area (Å²) in [5, 5.41) is 0. The lowest BCUT2D eigenvalue weighted by atomic mass is 10.1. The van der Waals surface area contributed by atoms with Crippen LogP contribution in [0.5, 0.6) is 0 Å². The molecule has 258 valence electrons. The molecule has 0 saturated carbocycles. The second kappa shape index (κ2) is 28.9. The van der Waals surface area contributed by atoms with Crippen LogP contribution in [0.3, 0.4) is 0 Å². The van der Waals surface area contributed by atoms with Gasteiger partial charge in [-0.2, -0.15) is 0 Å². The minimum absolute atomic E-state index is 0.0931. The highest BCUT2D eigenvalue weighted by molar-refractivity contribution is 7.47. The van der Waals surface area contributed by atoms with Crippen molar-refractivity contribution >= 4 is 13.8 Å². The third-order valence-corrected chi connectivity index (χ3v) is 8.65. The quantitative estimate of drug-likeness (QED) is 0.0332. The summed E-state index contributed by atoms with van der Waals surface area (Å²) in [4.78, 5) is 22.6. The number of rotatable bonds is 33. The molecule has 0 aromatic rings. The van der Waals surface area contributed by atoms with Crippen LogP contribution < -0.4 is 0 Å². The van der Waals surface area contributed by atoms with Gasteiger partial charge in [-0.1, -0.05) is 136 Å². The van der Waals surface area contributed by atoms with Crippen LogP contribution >= 0.6 is 7.82 Å². The first-order valence-corrected chi connectivity index (χ1v) is 19.3. The van der Waals surface area contributed by atoms with Crippen LogP contribution in [0, 0.1) is 0 Å². The molecular formula is C34H71NO7P+. The molecule has 0 aliphatic rings. The van der Waals surface area contributed by atoms with Crippen molar-refractivity contribution in [3.05, 3.63) is 0 Å². The number of esters is 1. The summed E-state index contributed by atoms with van der Waals surface area (Å²) in [6.07, 6.45) is 25.5. The summed E-state index contributed by atoms with van der Waals surface area (Å²) in [6, 6.07) is 0. The van der Waals surface area contributed by atoms with Gasteiger partial charge in [0.05, 0.1) is 34.4 Å². The van der Waals surface area contributed by atoms with Gasteiger partial charge in [-0.15, -0.1) is 0 Å². The number of phosphoric ester groups is 1. The van der Waals surface area contributed by atoms with E-state index in [2.05, 4.69) is 13.8 Å². The van der Waals surface area contributed by atoms with Crippen LogP contribution in [-0.2, 0) is 27.9 Å². The molecule has 1 N–H and O–H groups in total. The van der Waals surface area contributed by atoms with E-state index in [9.17, 15) is 14.3 Å². The number of nitrogens with zero attached hydrogens (tertiary/aromatic N) is 1. The number of phosphoric acid groups is 1. The topological polar surface area (TPSA) is 91.3 Å². The highest BCUT2D eigenvalue weighted by atomic mass is 31.2. The smallest absolute Gasteiger partial charge is 0.457 e. The molecular weight excluding hydrogens is 565 g/mol. The molecule has 0 amide bonds. The van der Waals surface area contributed by atoms with Crippen molar-refractivity contribution in [3.8, 4) is 0 Å². The number of hydrogen-bond donors (Lipinski definition) is 1. The maximum absolute atomic E-state index is 12.5. The molecule has 0 radical (unpaired) electrons. The molecule has 9 heteroatoms. The monoisotopic (exact) mass is 636 g/mol. The van der Waals surface area contributed by atoms with Gasteiger partial charge < -0.3 is 18.9 Å². The molecule has 0 bridgehead atoms. The maximum atomic E-state index is 12.5. The Kier molecular flexibility index (Phi) is 28.6. The number of likely N-dealkylation sites (N-methyl/N-ethyl adjacent to an activating group) is 1. The van der Waals surface area contributed by atoms with E-state index in [4.69, 9.17) is 18.5 Å². The van der Waals surface area contributed by atoms with Gasteiger partial charge in [0.25, 0.3) is 0 Å². The Morgan fingerprint density at radius 2 is 1.07 bits per heavy atom. The molecule has 8 nitrogen and oxygen atoms in total. The predicted octanol–water partition coefficient (Wildman–Crippen LogP) is 9.38. The van der Waals surface area contributed by atoms with E-state index >= 15 is 0 Å². The SMILES string of the molecule is CCCCCCCCCCCCCCOCC(COP(=O)(O)OCC[N+](C)(C)C)OC(=O)CCCCCCCCCCC. The van der Waals surface area contributed by atoms with Crippen LogP contribution in [0.25, 0.3) is 0 Å². The van der Waals surface area contributed by atoms with Gasteiger partial charge in [-0.25, -0.2) is 4.57 Å². The van der Waals surface area contributed by atoms with Crippen LogP contribution in [0.1, 0.15) is 155 Å². The summed E-state index contributed by atoms with van der Waals surface area (Å²) >= 11 is 0. The lowest BCUT2D eigenvalue weighted by Crippen LogP contribution is -2.37. The fourth-order valence-electron chi connectivity index (χ4n) is 4.85. The molecule has 0 aliphatic carbocycles. The zero-order valence-electron chi connectivity index (χ0n) is 29.0. The van der Waals surface area contributed by atoms with E-state index in [1.54, 1.807) is 0 Å². The van der Waals surface area contributed by atoms with Crippen LogP contribution in [0.15, 0.2) is 0 Å². The van der Waals surface area contributed by atoms with E-state index in [-0.39, 0.29) is 25.8 Å². The summed E-state index contributed by atoms with van der Waals surface area (Å²) < 4.78 is 34.7. The molecule has 2 atom stereocenters. The van der Waals surface area contributed by atoms with E-state index in [1.807, 2.05) is 21.1 Å². The zero-order chi connectivity index (χ0) is 32.1. The number of carbonyl (C=O) groups excluding carboxylic acids is 1. The van der Waals surface area contributed by atoms with Crippen LogP contribution in [0.2, 0.25) is 0 Å². The van der Waals surface area contributed by atoms with Gasteiger partial charge in [0.15, 0.2) is 0 Å². The Labute approximate surface area is 266 Å². The Hall–Kier alpha value is -0.500. The van der Waals surface area contributed by atoms with Gasteiger partial charge in [-0.05, 0) is 12.8 Å². The number of ether oxygens (including phenoxy) is 2. The van der Waals surface area contributed by atoms with Crippen molar-refractivity contribution in [2.45, 2.75) is 161 Å². The first-order valence-electron chi connectivity index (χ1n) is 17.8. The number of unbranched alkanes of at least 4 members (excludes halogenated alkanes) is 19. The average Bonchev–Trinajstić information content (AvgIpc) is 2.94. The van der Waals surface area contributed by atoms with Gasteiger partial charge in [0, 0.05) is 13.0 Å². The van der Waals surface area contributed by atoms with Crippen LogP contribution in [0.4, 0.5) is 0 Å². The summed E-state index contributed by atoms with van der Waals surface area (Å²) in [6.45, 7) is 5.61. The minimum atomic E-state index is -4.25. The van der Waals surface area contributed by atoms with Crippen molar-refractivity contribution in [2.24, 2.45) is 0 Å². The number of carbonyl (C=O) groups is 1. The maximum Gasteiger partial charge on any atom is 0.472 e. The second-order valence-corrected chi connectivity index (χ2v) is 14.7. The highest BCUT2D eigenvalue weighted by Gasteiger charge is 2.26. The molecule has 0 rings (SSSR count). The molecule has 0 spiro atoms. The Bertz CT molecular complexity index is 672. The molecule has 0 aromatic heterocycles. The molecule has 43 heavy (non-hydrogen) atoms. The third kappa shape index (κ3) is 32.7. The van der Waals surface area contributed by atoms with Gasteiger partial charge in [-0.3, -0.25) is 13.8 Å². The van der Waals surface area contributed by atoms with Crippen LogP contribution in [-0.4, -0.2) is 75.6 Å². The minimum Gasteiger partial charge on any atom is -0.457 e. The normalized spacial score (nSPS) is 14.1. The Balaban J connectivity index is 4.30. The third-order valence-electron chi connectivity index (χ3n) is 7.67. The lowest BCUT2D eigenvalue weighted by molar-refractivity contribution is -0.870. The van der Waals surface area contributed by atoms with E-state index in [0.717, 1.165) is 32.1 Å². The molecule has 0 saturated heterocycles. The summed E-state index contributed by atoms with van der Waals surface area (Å²) in [7, 11) is 1.68. The van der Waals surface area contributed by atoms with E-state index in [0.29, 0.717) is 24.1 Å². The average molecular weight is 637 g/mol. The first-order chi connectivity index (χ1) is 20.6. The summed E-state index contributed by atoms with van der Waals surface area (Å²) in [5.74, 6) is -0.316. The largest absolute Gasteiger partial charge is 0.472 e. The van der Waals surface area contributed by atoms with Crippen molar-refractivity contribution in [1.82, 2.24) is 0 Å². The van der Waals surface area contributed by atoms with E-state index in [1.165, 1.54) is 103 Å². The summed E-state index contributed by atoms with van der Waals surface area (Å²) in [5.41, 5.74) is 0. The standard InChI is InChI=1S/C34H70NO7P/c1-6-8-10-12-14-16-17-18-20-22-24-26-29-39-31-33(32-41-43(37,38)40-30-28-35(3,4)5)42-34(36)27-25-23-21-19-15-13-11-9-7-2/h33H,6-32H2,1-5H3/p+1. The highest BCUT2D eigenvalue weighted by Crippen LogP contribution is 2.43. The lowest BCUT2D eigenvalue weighted by Gasteiger charge is -2.24. The fraction of sp³-hybridized carbons (Fsp3) is 0.971. The zero-order valence-corrected chi connectivity index (χ0v) is 29.9. The Morgan fingerprint density at radius 3 is 1.53 bits per heavy atom. The fourth-order valence-corrected chi connectivity index (χ4v) is 5.59. The van der Waals surface area contributed by atoms with Crippen molar-refractivity contribution in [1.29, 1.82) is 0 Å². The Morgan fingerprint density at radius 1 is 0.628 bits per heavy atom. The van der Waals surface area contributed by atoms with Gasteiger partial charge in [0.1, 0.15) is 19.3 Å². The molecule has 0 fully saturated rings. The van der Waals surface area contributed by atoms with Crippen molar-refractivity contribution in [2.75, 3.05) is 54.1 Å².